The molecule has 0 aliphatic heterocycles. The summed E-state index contributed by atoms with van der Waals surface area (Å²) in [5.41, 5.74) is 3.94. The molecule has 0 spiro atoms. The number of nitrogens with zero attached hydrogens (tertiary/aromatic N) is 2. The van der Waals surface area contributed by atoms with Crippen LogP contribution in [0.1, 0.15) is 41.4 Å². The molecule has 0 bridgehead atoms. The zero-order valence-corrected chi connectivity index (χ0v) is 14.5. The van der Waals surface area contributed by atoms with Gasteiger partial charge in [-0.1, -0.05) is 31.5 Å². The van der Waals surface area contributed by atoms with Crippen molar-refractivity contribution in [1.82, 2.24) is 9.55 Å². The van der Waals surface area contributed by atoms with Crippen molar-refractivity contribution in [2.75, 3.05) is 5.32 Å². The number of carbonyl (C=O) groups excluding carboxylic acids is 1. The number of aryl methyl sites for hydroxylation is 3. The summed E-state index contributed by atoms with van der Waals surface area (Å²) >= 11 is 0. The number of rotatable bonds is 5. The van der Waals surface area contributed by atoms with Gasteiger partial charge in [0, 0.05) is 23.6 Å². The highest BCUT2D eigenvalue weighted by atomic mass is 16.2. The smallest absolute Gasteiger partial charge is 0.273 e. The predicted octanol–water partition coefficient (Wildman–Crippen LogP) is 4.71. The van der Waals surface area contributed by atoms with E-state index in [4.69, 9.17) is 0 Å². The Morgan fingerprint density at radius 1 is 1.21 bits per heavy atom. The molecule has 4 heteroatoms. The molecule has 3 rings (SSSR count). The van der Waals surface area contributed by atoms with Crippen molar-refractivity contribution >= 4 is 22.6 Å². The summed E-state index contributed by atoms with van der Waals surface area (Å²) in [5, 5.41) is 4.08. The molecule has 1 N–H and O–H groups in total. The Bertz CT molecular complexity index is 880. The number of fused-ring (bicyclic) bond motifs is 1. The van der Waals surface area contributed by atoms with Gasteiger partial charge in [0.15, 0.2) is 0 Å². The van der Waals surface area contributed by atoms with Crippen LogP contribution in [0.5, 0.6) is 0 Å². The van der Waals surface area contributed by atoms with E-state index in [-0.39, 0.29) is 5.91 Å². The molecule has 4 nitrogen and oxygen atoms in total. The number of carbonyl (C=O) groups is 1. The van der Waals surface area contributed by atoms with Gasteiger partial charge in [-0.25, -0.2) is 4.98 Å². The van der Waals surface area contributed by atoms with E-state index < -0.39 is 0 Å². The Morgan fingerprint density at radius 3 is 2.75 bits per heavy atom. The lowest BCUT2D eigenvalue weighted by Gasteiger charge is -2.11. The average Bonchev–Trinajstić information content (AvgIpc) is 2.85. The second-order valence-electron chi connectivity index (χ2n) is 6.17. The van der Waals surface area contributed by atoms with Gasteiger partial charge in [-0.15, -0.1) is 0 Å². The molecule has 0 saturated heterocycles. The summed E-state index contributed by atoms with van der Waals surface area (Å²) in [6.45, 7) is 7.01. The van der Waals surface area contributed by atoms with E-state index >= 15 is 0 Å². The van der Waals surface area contributed by atoms with Crippen molar-refractivity contribution < 1.29 is 4.79 Å². The molecule has 1 aromatic carbocycles. The van der Waals surface area contributed by atoms with Crippen LogP contribution < -0.4 is 5.32 Å². The third-order valence-electron chi connectivity index (χ3n) is 4.33. The summed E-state index contributed by atoms with van der Waals surface area (Å²) in [6, 6.07) is 12.0. The Labute approximate surface area is 142 Å². The van der Waals surface area contributed by atoms with Gasteiger partial charge in [0.2, 0.25) is 0 Å². The third-order valence-corrected chi connectivity index (χ3v) is 4.33. The molecule has 3 aromatic rings. The van der Waals surface area contributed by atoms with Crippen LogP contribution in [0.3, 0.4) is 0 Å². The fourth-order valence-electron chi connectivity index (χ4n) is 3.10. The van der Waals surface area contributed by atoms with Crippen molar-refractivity contribution in [3.63, 3.8) is 0 Å². The topological polar surface area (TPSA) is 46.9 Å². The number of pyridine rings is 1. The number of unbranched alkanes of at least 4 members (excludes halogenated alkanes) is 1. The maximum atomic E-state index is 12.9. The second-order valence-corrected chi connectivity index (χ2v) is 6.17. The monoisotopic (exact) mass is 321 g/mol. The van der Waals surface area contributed by atoms with Gasteiger partial charge >= 0.3 is 0 Å². The lowest BCUT2D eigenvalue weighted by molar-refractivity contribution is 0.101. The van der Waals surface area contributed by atoms with E-state index in [0.717, 1.165) is 47.1 Å². The lowest BCUT2D eigenvalue weighted by atomic mass is 10.1. The standard InChI is InChI=1S/C20H23N3O/c1-4-5-12-23-17-9-7-6-8-16(17)15(3)19(23)20(24)22-18-13-14(2)10-11-21-18/h6-11,13H,4-5,12H2,1-3H3,(H,21,22,24). The quantitative estimate of drug-likeness (QED) is 0.740. The van der Waals surface area contributed by atoms with Crippen molar-refractivity contribution in [3.05, 3.63) is 59.4 Å². The molecule has 2 heterocycles. The average molecular weight is 321 g/mol. The van der Waals surface area contributed by atoms with E-state index in [1.54, 1.807) is 6.20 Å². The largest absolute Gasteiger partial charge is 0.336 e. The van der Waals surface area contributed by atoms with Crippen LogP contribution in [-0.4, -0.2) is 15.5 Å². The molecule has 0 atom stereocenters. The molecule has 124 valence electrons. The summed E-state index contributed by atoms with van der Waals surface area (Å²) in [6.07, 6.45) is 3.84. The highest BCUT2D eigenvalue weighted by molar-refractivity contribution is 6.08. The number of para-hydroxylation sites is 1. The van der Waals surface area contributed by atoms with E-state index in [0.29, 0.717) is 5.82 Å². The summed E-state index contributed by atoms with van der Waals surface area (Å²) in [4.78, 5) is 17.2. The Morgan fingerprint density at radius 2 is 2.00 bits per heavy atom. The molecule has 0 radical (unpaired) electrons. The van der Waals surface area contributed by atoms with Crippen molar-refractivity contribution in [1.29, 1.82) is 0 Å². The van der Waals surface area contributed by atoms with Gasteiger partial charge in [0.1, 0.15) is 11.5 Å². The molecule has 0 saturated carbocycles. The van der Waals surface area contributed by atoms with E-state index in [1.165, 1.54) is 0 Å². The van der Waals surface area contributed by atoms with Gasteiger partial charge in [0.05, 0.1) is 0 Å². The first-order chi connectivity index (χ1) is 11.6. The Hall–Kier alpha value is -2.62. The molecule has 0 aliphatic rings. The van der Waals surface area contributed by atoms with Crippen LogP contribution in [0.25, 0.3) is 10.9 Å². The highest BCUT2D eigenvalue weighted by Crippen LogP contribution is 2.26. The van der Waals surface area contributed by atoms with Crippen molar-refractivity contribution in [3.8, 4) is 0 Å². The first-order valence-electron chi connectivity index (χ1n) is 8.43. The molecule has 0 fully saturated rings. The number of benzene rings is 1. The van der Waals surface area contributed by atoms with Gasteiger partial charge in [-0.2, -0.15) is 0 Å². The molecular formula is C20H23N3O. The normalized spacial score (nSPS) is 11.0. The van der Waals surface area contributed by atoms with Crippen molar-refractivity contribution in [2.24, 2.45) is 0 Å². The minimum absolute atomic E-state index is 0.0992. The van der Waals surface area contributed by atoms with Crippen LogP contribution in [0.4, 0.5) is 5.82 Å². The maximum Gasteiger partial charge on any atom is 0.273 e. The SMILES string of the molecule is CCCCn1c(C(=O)Nc2cc(C)ccn2)c(C)c2ccccc21. The van der Waals surface area contributed by atoms with Crippen LogP contribution in [0, 0.1) is 13.8 Å². The number of hydrogen-bond donors (Lipinski definition) is 1. The molecule has 1 amide bonds. The van der Waals surface area contributed by atoms with Gasteiger partial charge in [0.25, 0.3) is 5.91 Å². The number of nitrogens with one attached hydrogen (secondary N) is 1. The zero-order chi connectivity index (χ0) is 17.1. The first kappa shape index (κ1) is 16.2. The number of amides is 1. The molecule has 2 aromatic heterocycles. The van der Waals surface area contributed by atoms with Crippen LogP contribution in [0.2, 0.25) is 0 Å². The predicted molar refractivity (Wildman–Crippen MR) is 98.5 cm³/mol. The van der Waals surface area contributed by atoms with Gasteiger partial charge in [-0.05, 0) is 49.6 Å². The van der Waals surface area contributed by atoms with Crippen LogP contribution in [-0.2, 0) is 6.54 Å². The molecule has 0 aliphatic carbocycles. The molecule has 0 unspecified atom stereocenters. The van der Waals surface area contributed by atoms with E-state index in [2.05, 4.69) is 33.9 Å². The first-order valence-corrected chi connectivity index (χ1v) is 8.43. The lowest BCUT2D eigenvalue weighted by Crippen LogP contribution is -2.19. The minimum Gasteiger partial charge on any atom is -0.336 e. The Kier molecular flexibility index (Phi) is 4.65. The van der Waals surface area contributed by atoms with Gasteiger partial charge in [-0.3, -0.25) is 4.79 Å². The fraction of sp³-hybridized carbons (Fsp3) is 0.300. The molecule has 24 heavy (non-hydrogen) atoms. The highest BCUT2D eigenvalue weighted by Gasteiger charge is 2.20. The number of anilines is 1. The van der Waals surface area contributed by atoms with E-state index in [1.807, 2.05) is 38.1 Å². The fourth-order valence-corrected chi connectivity index (χ4v) is 3.10. The summed E-state index contributed by atoms with van der Waals surface area (Å²) in [7, 11) is 0. The van der Waals surface area contributed by atoms with Crippen LogP contribution in [0.15, 0.2) is 42.6 Å². The Balaban J connectivity index is 2.03. The van der Waals surface area contributed by atoms with Gasteiger partial charge < -0.3 is 9.88 Å². The minimum atomic E-state index is -0.0992. The van der Waals surface area contributed by atoms with Crippen molar-refractivity contribution in [2.45, 2.75) is 40.2 Å². The third kappa shape index (κ3) is 3.04. The number of aromatic nitrogens is 2. The molecular weight excluding hydrogens is 298 g/mol. The van der Waals surface area contributed by atoms with E-state index in [9.17, 15) is 4.79 Å². The second kappa shape index (κ2) is 6.87. The summed E-state index contributed by atoms with van der Waals surface area (Å²) < 4.78 is 2.14. The van der Waals surface area contributed by atoms with Crippen LogP contribution >= 0.6 is 0 Å². The number of hydrogen-bond acceptors (Lipinski definition) is 2. The summed E-state index contributed by atoms with van der Waals surface area (Å²) in [5.74, 6) is 0.490. The maximum absolute atomic E-state index is 12.9. The zero-order valence-electron chi connectivity index (χ0n) is 14.5.